The highest BCUT2D eigenvalue weighted by molar-refractivity contribution is 7.13. The Morgan fingerprint density at radius 3 is 2.36 bits per heavy atom. The van der Waals surface area contributed by atoms with Crippen LogP contribution in [0.1, 0.15) is 10.4 Å². The molecule has 0 radical (unpaired) electrons. The number of ether oxygens (including phenoxy) is 1. The third-order valence-electron chi connectivity index (χ3n) is 3.34. The number of thiazole rings is 1. The van der Waals surface area contributed by atoms with Crippen molar-refractivity contribution in [1.29, 1.82) is 0 Å². The van der Waals surface area contributed by atoms with Crippen LogP contribution >= 0.6 is 11.3 Å². The van der Waals surface area contributed by atoms with Gasteiger partial charge in [0, 0.05) is 22.7 Å². The third kappa shape index (κ3) is 3.80. The van der Waals surface area contributed by atoms with Gasteiger partial charge in [-0.1, -0.05) is 30.3 Å². The quantitative estimate of drug-likeness (QED) is 0.743. The molecule has 3 aromatic rings. The molecule has 0 aliphatic heterocycles. The summed E-state index contributed by atoms with van der Waals surface area (Å²) in [5.74, 6) is -1.17. The number of carbonyl (C=O) groups excluding carboxylic acids is 1. The minimum absolute atomic E-state index is 0.0579. The van der Waals surface area contributed by atoms with Crippen molar-refractivity contribution in [2.75, 3.05) is 0 Å². The summed E-state index contributed by atoms with van der Waals surface area (Å²) in [5.41, 5.74) is 6.04. The van der Waals surface area contributed by atoms with Gasteiger partial charge in [-0.3, -0.25) is 4.79 Å². The first-order valence-corrected chi connectivity index (χ1v) is 7.92. The number of alkyl halides is 3. The normalized spacial score (nSPS) is 11.3. The van der Waals surface area contributed by atoms with Crippen LogP contribution in [-0.2, 0) is 0 Å². The number of hydrogen-bond donors (Lipinski definition) is 1. The molecule has 1 heterocycles. The molecule has 2 aromatic carbocycles. The topological polar surface area (TPSA) is 65.2 Å². The van der Waals surface area contributed by atoms with Gasteiger partial charge in [0.2, 0.25) is 5.91 Å². The van der Waals surface area contributed by atoms with Crippen molar-refractivity contribution in [3.63, 3.8) is 0 Å². The molecule has 0 aliphatic rings. The molecule has 1 amide bonds. The second kappa shape index (κ2) is 6.56. The van der Waals surface area contributed by atoms with Gasteiger partial charge >= 0.3 is 6.36 Å². The Kier molecular flexibility index (Phi) is 4.45. The minimum atomic E-state index is -4.90. The van der Waals surface area contributed by atoms with E-state index in [-0.39, 0.29) is 16.7 Å². The summed E-state index contributed by atoms with van der Waals surface area (Å²) in [5, 5.41) is 1.91. The summed E-state index contributed by atoms with van der Waals surface area (Å²) in [7, 11) is 0. The summed E-state index contributed by atoms with van der Waals surface area (Å²) in [6.07, 6.45) is -3.44. The largest absolute Gasteiger partial charge is 0.573 e. The van der Waals surface area contributed by atoms with E-state index in [9.17, 15) is 18.0 Å². The van der Waals surface area contributed by atoms with E-state index in [1.54, 1.807) is 35.7 Å². The van der Waals surface area contributed by atoms with Crippen LogP contribution in [-0.4, -0.2) is 17.3 Å². The molecule has 0 saturated heterocycles. The third-order valence-corrected chi connectivity index (χ3v) is 4.15. The summed E-state index contributed by atoms with van der Waals surface area (Å²) >= 11 is 1.13. The number of primary amides is 1. The summed E-state index contributed by atoms with van der Waals surface area (Å²) in [4.78, 5) is 15.7. The van der Waals surface area contributed by atoms with Crippen molar-refractivity contribution in [3.8, 4) is 27.4 Å². The molecule has 0 unspecified atom stereocenters. The lowest BCUT2D eigenvalue weighted by Crippen LogP contribution is -2.19. The maximum Gasteiger partial charge on any atom is 0.573 e. The van der Waals surface area contributed by atoms with Crippen molar-refractivity contribution >= 4 is 17.2 Å². The summed E-state index contributed by atoms with van der Waals surface area (Å²) in [6.45, 7) is 0. The molecule has 25 heavy (non-hydrogen) atoms. The van der Waals surface area contributed by atoms with Gasteiger partial charge in [-0.05, 0) is 17.7 Å². The molecule has 4 nitrogen and oxygen atoms in total. The van der Waals surface area contributed by atoms with Crippen molar-refractivity contribution in [2.24, 2.45) is 5.73 Å². The first kappa shape index (κ1) is 17.0. The lowest BCUT2D eigenvalue weighted by molar-refractivity contribution is -0.274. The van der Waals surface area contributed by atoms with Crippen LogP contribution in [0.5, 0.6) is 5.75 Å². The highest BCUT2D eigenvalue weighted by Crippen LogP contribution is 2.43. The Labute approximate surface area is 144 Å². The SMILES string of the molecule is NC(=O)c1cc(-c2ccccc2)c(OC(F)(F)F)c(-c2nccs2)c1. The predicted molar refractivity (Wildman–Crippen MR) is 88.2 cm³/mol. The molecular weight excluding hydrogens is 353 g/mol. The lowest BCUT2D eigenvalue weighted by Gasteiger charge is -2.17. The van der Waals surface area contributed by atoms with Gasteiger partial charge in [-0.2, -0.15) is 0 Å². The van der Waals surface area contributed by atoms with E-state index in [0.29, 0.717) is 10.6 Å². The maximum atomic E-state index is 13.0. The van der Waals surface area contributed by atoms with Crippen LogP contribution in [0.25, 0.3) is 21.7 Å². The zero-order chi connectivity index (χ0) is 18.0. The Hall–Kier alpha value is -2.87. The van der Waals surface area contributed by atoms with Crippen molar-refractivity contribution in [3.05, 3.63) is 59.6 Å². The number of nitrogens with two attached hydrogens (primary N) is 1. The summed E-state index contributed by atoms with van der Waals surface area (Å²) in [6, 6.07) is 10.9. The number of amides is 1. The monoisotopic (exact) mass is 364 g/mol. The highest BCUT2D eigenvalue weighted by atomic mass is 32.1. The average molecular weight is 364 g/mol. The molecule has 0 atom stereocenters. The van der Waals surface area contributed by atoms with E-state index in [1.165, 1.54) is 18.3 Å². The first-order chi connectivity index (χ1) is 11.8. The van der Waals surface area contributed by atoms with Crippen LogP contribution in [0, 0.1) is 0 Å². The van der Waals surface area contributed by atoms with Crippen molar-refractivity contribution in [1.82, 2.24) is 4.98 Å². The molecule has 0 spiro atoms. The molecule has 3 rings (SSSR count). The molecule has 128 valence electrons. The molecule has 1 aromatic heterocycles. The van der Waals surface area contributed by atoms with Gasteiger partial charge < -0.3 is 10.5 Å². The first-order valence-electron chi connectivity index (χ1n) is 7.04. The molecule has 0 saturated carbocycles. The standard InChI is InChI=1S/C17H11F3N2O2S/c18-17(19,20)24-14-12(10-4-2-1-3-5-10)8-11(15(21)23)9-13(14)16-22-6-7-25-16/h1-9H,(H2,21,23). The van der Waals surface area contributed by atoms with Crippen molar-refractivity contribution in [2.45, 2.75) is 6.36 Å². The summed E-state index contributed by atoms with van der Waals surface area (Å²) < 4.78 is 43.3. The number of nitrogens with zero attached hydrogens (tertiary/aromatic N) is 1. The Bertz CT molecular complexity index is 894. The van der Waals surface area contributed by atoms with Gasteiger partial charge in [0.15, 0.2) is 0 Å². The van der Waals surface area contributed by atoms with E-state index in [2.05, 4.69) is 9.72 Å². The highest BCUT2D eigenvalue weighted by Gasteiger charge is 2.34. The van der Waals surface area contributed by atoms with Gasteiger partial charge in [0.05, 0.1) is 5.56 Å². The van der Waals surface area contributed by atoms with E-state index in [4.69, 9.17) is 5.73 Å². The van der Waals surface area contributed by atoms with E-state index in [1.807, 2.05) is 0 Å². The molecule has 0 fully saturated rings. The molecular formula is C17H11F3N2O2S. The fourth-order valence-electron chi connectivity index (χ4n) is 2.34. The second-order valence-corrected chi connectivity index (χ2v) is 5.91. The van der Waals surface area contributed by atoms with Gasteiger partial charge in [-0.25, -0.2) is 4.98 Å². The Balaban J connectivity index is 2.32. The van der Waals surface area contributed by atoms with Crippen LogP contribution in [0.2, 0.25) is 0 Å². The van der Waals surface area contributed by atoms with E-state index >= 15 is 0 Å². The lowest BCUT2D eigenvalue weighted by atomic mass is 9.98. The zero-order valence-corrected chi connectivity index (χ0v) is 13.4. The number of aromatic nitrogens is 1. The van der Waals surface area contributed by atoms with Crippen LogP contribution < -0.4 is 10.5 Å². The van der Waals surface area contributed by atoms with E-state index in [0.717, 1.165) is 11.3 Å². The number of hydrogen-bond acceptors (Lipinski definition) is 4. The maximum absolute atomic E-state index is 13.0. The predicted octanol–water partition coefficient (Wildman–Crippen LogP) is 4.47. The van der Waals surface area contributed by atoms with Crippen LogP contribution in [0.4, 0.5) is 13.2 Å². The number of carbonyl (C=O) groups is 1. The fraction of sp³-hybridized carbons (Fsp3) is 0.0588. The molecule has 2 N–H and O–H groups in total. The van der Waals surface area contributed by atoms with Gasteiger partial charge in [-0.15, -0.1) is 24.5 Å². The zero-order valence-electron chi connectivity index (χ0n) is 12.6. The average Bonchev–Trinajstić information content (AvgIpc) is 3.08. The molecule has 8 heteroatoms. The number of rotatable bonds is 4. The fourth-order valence-corrected chi connectivity index (χ4v) is 3.00. The molecule has 0 bridgehead atoms. The smallest absolute Gasteiger partial charge is 0.404 e. The second-order valence-electron chi connectivity index (χ2n) is 5.02. The molecule has 0 aliphatic carbocycles. The minimum Gasteiger partial charge on any atom is -0.404 e. The van der Waals surface area contributed by atoms with E-state index < -0.39 is 18.0 Å². The van der Waals surface area contributed by atoms with Crippen LogP contribution in [0.3, 0.4) is 0 Å². The van der Waals surface area contributed by atoms with Gasteiger partial charge in [0.25, 0.3) is 0 Å². The van der Waals surface area contributed by atoms with Crippen LogP contribution in [0.15, 0.2) is 54.0 Å². The Morgan fingerprint density at radius 2 is 1.80 bits per heavy atom. The number of benzene rings is 2. The van der Waals surface area contributed by atoms with Gasteiger partial charge in [0.1, 0.15) is 10.8 Å². The Morgan fingerprint density at radius 1 is 1.12 bits per heavy atom. The van der Waals surface area contributed by atoms with Crippen molar-refractivity contribution < 1.29 is 22.7 Å². The number of halogens is 3.